The maximum Gasteiger partial charge on any atom is 0.275 e. The third-order valence-electron chi connectivity index (χ3n) is 3.37. The third kappa shape index (κ3) is 3.20. The van der Waals surface area contributed by atoms with Crippen molar-refractivity contribution >= 4 is 50.8 Å². The molecule has 0 saturated carbocycles. The lowest BCUT2D eigenvalue weighted by Gasteiger charge is -2.08. The fourth-order valence-corrected chi connectivity index (χ4v) is 2.91. The standard InChI is InChI=1S/C15H9ClIN3O3/c16-10-2-4-13-12(5-10)15(21)19(8-18-13)7-9-1-3-11(17)6-14(9)20(22)23/h1-6,8H,7H2. The van der Waals surface area contributed by atoms with Crippen LogP contribution in [-0.4, -0.2) is 14.5 Å². The van der Waals surface area contributed by atoms with Gasteiger partial charge in [-0.1, -0.05) is 11.6 Å². The summed E-state index contributed by atoms with van der Waals surface area (Å²) in [5, 5.41) is 12.0. The molecule has 8 heteroatoms. The molecule has 0 amide bonds. The summed E-state index contributed by atoms with van der Waals surface area (Å²) in [7, 11) is 0. The molecule has 0 N–H and O–H groups in total. The van der Waals surface area contributed by atoms with Gasteiger partial charge < -0.3 is 0 Å². The van der Waals surface area contributed by atoms with E-state index in [1.807, 2.05) is 22.6 Å². The molecule has 6 nitrogen and oxygen atoms in total. The van der Waals surface area contributed by atoms with Gasteiger partial charge in [0.1, 0.15) is 0 Å². The van der Waals surface area contributed by atoms with Crippen molar-refractivity contribution in [2.24, 2.45) is 0 Å². The van der Waals surface area contributed by atoms with E-state index in [4.69, 9.17) is 11.6 Å². The van der Waals surface area contributed by atoms with E-state index in [0.29, 0.717) is 21.5 Å². The van der Waals surface area contributed by atoms with Gasteiger partial charge in [-0.2, -0.15) is 0 Å². The highest BCUT2D eigenvalue weighted by Gasteiger charge is 2.15. The lowest BCUT2D eigenvalue weighted by Crippen LogP contribution is -2.21. The summed E-state index contributed by atoms with van der Waals surface area (Å²) in [5.41, 5.74) is 0.675. The van der Waals surface area contributed by atoms with E-state index in [9.17, 15) is 14.9 Å². The van der Waals surface area contributed by atoms with Crippen LogP contribution in [0.1, 0.15) is 5.56 Å². The molecule has 2 aromatic carbocycles. The lowest BCUT2D eigenvalue weighted by molar-refractivity contribution is -0.385. The minimum absolute atomic E-state index is 0.0185. The molecule has 1 heterocycles. The molecular weight excluding hydrogens is 433 g/mol. The molecule has 0 atom stereocenters. The number of aromatic nitrogens is 2. The Kier molecular flexibility index (Phi) is 4.31. The van der Waals surface area contributed by atoms with Crippen molar-refractivity contribution in [3.8, 4) is 0 Å². The second-order valence-electron chi connectivity index (χ2n) is 4.87. The van der Waals surface area contributed by atoms with Crippen molar-refractivity contribution in [3.63, 3.8) is 0 Å². The molecule has 116 valence electrons. The van der Waals surface area contributed by atoms with E-state index >= 15 is 0 Å². The summed E-state index contributed by atoms with van der Waals surface area (Å²) in [4.78, 5) is 27.5. The highest BCUT2D eigenvalue weighted by Crippen LogP contribution is 2.22. The Hall–Kier alpha value is -2.00. The van der Waals surface area contributed by atoms with Gasteiger partial charge in [0.05, 0.1) is 28.7 Å². The molecule has 1 aromatic heterocycles. The summed E-state index contributed by atoms with van der Waals surface area (Å²) in [6.07, 6.45) is 1.39. The molecule has 0 aliphatic carbocycles. The van der Waals surface area contributed by atoms with E-state index in [1.54, 1.807) is 30.3 Å². The van der Waals surface area contributed by atoms with E-state index in [2.05, 4.69) is 4.98 Å². The maximum atomic E-state index is 12.5. The minimum Gasteiger partial charge on any atom is -0.294 e. The zero-order valence-corrected chi connectivity index (χ0v) is 14.5. The van der Waals surface area contributed by atoms with Crippen molar-refractivity contribution in [2.45, 2.75) is 6.54 Å². The zero-order chi connectivity index (χ0) is 16.6. The van der Waals surface area contributed by atoms with Gasteiger partial charge in [0.2, 0.25) is 0 Å². The molecule has 0 unspecified atom stereocenters. The highest BCUT2D eigenvalue weighted by molar-refractivity contribution is 14.1. The molecule has 3 rings (SSSR count). The van der Waals surface area contributed by atoms with Gasteiger partial charge in [-0.15, -0.1) is 0 Å². The van der Waals surface area contributed by atoms with Crippen LogP contribution in [0.15, 0.2) is 47.5 Å². The first-order valence-corrected chi connectivity index (χ1v) is 7.99. The van der Waals surface area contributed by atoms with Crippen molar-refractivity contribution in [3.05, 3.63) is 77.3 Å². The number of benzene rings is 2. The van der Waals surface area contributed by atoms with Gasteiger partial charge in [-0.05, 0) is 52.9 Å². The van der Waals surface area contributed by atoms with Crippen molar-refractivity contribution < 1.29 is 4.92 Å². The average molecular weight is 442 g/mol. The van der Waals surface area contributed by atoms with Crippen molar-refractivity contribution in [2.75, 3.05) is 0 Å². The Morgan fingerprint density at radius 3 is 2.78 bits per heavy atom. The summed E-state index contributed by atoms with van der Waals surface area (Å²) >= 11 is 7.93. The van der Waals surface area contributed by atoms with E-state index in [1.165, 1.54) is 17.0 Å². The van der Waals surface area contributed by atoms with Gasteiger partial charge >= 0.3 is 0 Å². The first kappa shape index (κ1) is 15.9. The molecule has 23 heavy (non-hydrogen) atoms. The number of hydrogen-bond donors (Lipinski definition) is 0. The Balaban J connectivity index is 2.11. The van der Waals surface area contributed by atoms with Gasteiger partial charge in [0, 0.05) is 20.2 Å². The van der Waals surface area contributed by atoms with Gasteiger partial charge in [0.25, 0.3) is 11.2 Å². The van der Waals surface area contributed by atoms with Crippen LogP contribution < -0.4 is 5.56 Å². The predicted octanol–water partition coefficient (Wildman–Crippen LogP) is 3.61. The second kappa shape index (κ2) is 6.25. The fraction of sp³-hybridized carbons (Fsp3) is 0.0667. The SMILES string of the molecule is O=c1c2cc(Cl)ccc2ncn1Cc1ccc(I)cc1[N+](=O)[O-]. The Morgan fingerprint density at radius 1 is 1.26 bits per heavy atom. The maximum absolute atomic E-state index is 12.5. The van der Waals surface area contributed by atoms with Crippen LogP contribution in [0.5, 0.6) is 0 Å². The minimum atomic E-state index is -0.451. The van der Waals surface area contributed by atoms with Gasteiger partial charge in [0.15, 0.2) is 0 Å². The van der Waals surface area contributed by atoms with Crippen LogP contribution in [-0.2, 0) is 6.54 Å². The zero-order valence-electron chi connectivity index (χ0n) is 11.6. The lowest BCUT2D eigenvalue weighted by atomic mass is 10.1. The third-order valence-corrected chi connectivity index (χ3v) is 4.28. The molecule has 0 saturated heterocycles. The summed E-state index contributed by atoms with van der Waals surface area (Å²) in [5.74, 6) is 0. The summed E-state index contributed by atoms with van der Waals surface area (Å²) in [6.45, 7) is 0.0710. The van der Waals surface area contributed by atoms with Crippen molar-refractivity contribution in [1.82, 2.24) is 9.55 Å². The molecule has 0 fully saturated rings. The van der Waals surface area contributed by atoms with Crippen LogP contribution in [0.2, 0.25) is 5.02 Å². The Labute approximate surface area is 149 Å². The second-order valence-corrected chi connectivity index (χ2v) is 6.55. The quantitative estimate of drug-likeness (QED) is 0.353. The number of hydrogen-bond acceptors (Lipinski definition) is 4. The van der Waals surface area contributed by atoms with E-state index in [0.717, 1.165) is 3.57 Å². The Bertz CT molecular complexity index is 987. The fourth-order valence-electron chi connectivity index (χ4n) is 2.27. The molecule has 0 spiro atoms. The number of nitro groups is 1. The average Bonchev–Trinajstić information content (AvgIpc) is 2.52. The largest absolute Gasteiger partial charge is 0.294 e. The first-order valence-electron chi connectivity index (χ1n) is 6.53. The predicted molar refractivity (Wildman–Crippen MR) is 95.9 cm³/mol. The van der Waals surface area contributed by atoms with Crippen LogP contribution >= 0.6 is 34.2 Å². The van der Waals surface area contributed by atoms with E-state index in [-0.39, 0.29) is 17.8 Å². The normalized spacial score (nSPS) is 10.9. The molecule has 0 aliphatic rings. The van der Waals surface area contributed by atoms with Crippen LogP contribution in [0.3, 0.4) is 0 Å². The molecule has 0 bridgehead atoms. The van der Waals surface area contributed by atoms with Gasteiger partial charge in [-0.25, -0.2) is 4.98 Å². The molecule has 0 aliphatic heterocycles. The number of halogens is 2. The smallest absolute Gasteiger partial charge is 0.275 e. The molecule has 0 radical (unpaired) electrons. The Morgan fingerprint density at radius 2 is 2.04 bits per heavy atom. The summed E-state index contributed by atoms with van der Waals surface area (Å²) < 4.78 is 2.10. The number of rotatable bonds is 3. The van der Waals surface area contributed by atoms with Crippen molar-refractivity contribution in [1.29, 1.82) is 0 Å². The van der Waals surface area contributed by atoms with Crippen LogP contribution in [0.25, 0.3) is 10.9 Å². The topological polar surface area (TPSA) is 78.0 Å². The highest BCUT2D eigenvalue weighted by atomic mass is 127. The monoisotopic (exact) mass is 441 g/mol. The molecule has 3 aromatic rings. The van der Waals surface area contributed by atoms with E-state index < -0.39 is 4.92 Å². The first-order chi connectivity index (χ1) is 11.0. The van der Waals surface area contributed by atoms with Gasteiger partial charge in [-0.3, -0.25) is 19.5 Å². The van der Waals surface area contributed by atoms with Crippen LogP contribution in [0, 0.1) is 13.7 Å². The number of nitro benzene ring substituents is 1. The number of nitrogens with zero attached hydrogens (tertiary/aromatic N) is 3. The van der Waals surface area contributed by atoms with Crippen LogP contribution in [0.4, 0.5) is 5.69 Å². The number of fused-ring (bicyclic) bond motifs is 1. The summed E-state index contributed by atoms with van der Waals surface area (Å²) in [6, 6.07) is 9.76. The molecular formula is C15H9ClIN3O3.